The fraction of sp³-hybridized carbons (Fsp3) is 0.625. The van der Waals surface area contributed by atoms with Gasteiger partial charge in [-0.05, 0) is 20.0 Å². The van der Waals surface area contributed by atoms with Gasteiger partial charge in [0.2, 0.25) is 0 Å². The SMILES string of the molecule is CNCCCNS(=O)(=O)c1c(Cl)cnn1C. The van der Waals surface area contributed by atoms with Crippen LogP contribution in [-0.2, 0) is 17.1 Å². The summed E-state index contributed by atoms with van der Waals surface area (Å²) in [6.45, 7) is 1.12. The first-order chi connectivity index (χ1) is 7.49. The molecular weight excluding hydrogens is 252 g/mol. The molecule has 1 aromatic rings. The van der Waals surface area contributed by atoms with Crippen LogP contribution in [-0.4, -0.2) is 38.3 Å². The molecule has 0 spiro atoms. The Morgan fingerprint density at radius 1 is 1.50 bits per heavy atom. The molecule has 1 rings (SSSR count). The number of aryl methyl sites for hydroxylation is 1. The van der Waals surface area contributed by atoms with E-state index in [1.807, 2.05) is 7.05 Å². The molecule has 1 aromatic heterocycles. The second-order valence-electron chi connectivity index (χ2n) is 3.28. The van der Waals surface area contributed by atoms with Gasteiger partial charge >= 0.3 is 0 Å². The smallest absolute Gasteiger partial charge is 0.259 e. The van der Waals surface area contributed by atoms with Crippen molar-refractivity contribution < 1.29 is 8.42 Å². The van der Waals surface area contributed by atoms with Crippen LogP contribution in [0.1, 0.15) is 6.42 Å². The van der Waals surface area contributed by atoms with E-state index in [0.717, 1.165) is 6.54 Å². The minimum atomic E-state index is -3.57. The highest BCUT2D eigenvalue weighted by molar-refractivity contribution is 7.89. The highest BCUT2D eigenvalue weighted by atomic mass is 35.5. The van der Waals surface area contributed by atoms with Crippen LogP contribution < -0.4 is 10.0 Å². The Morgan fingerprint density at radius 3 is 2.69 bits per heavy atom. The highest BCUT2D eigenvalue weighted by Gasteiger charge is 2.21. The summed E-state index contributed by atoms with van der Waals surface area (Å²) in [5.74, 6) is 0. The summed E-state index contributed by atoms with van der Waals surface area (Å²) in [6, 6.07) is 0. The van der Waals surface area contributed by atoms with Crippen LogP contribution in [0.15, 0.2) is 11.2 Å². The van der Waals surface area contributed by atoms with Gasteiger partial charge in [0.15, 0.2) is 5.03 Å². The highest BCUT2D eigenvalue weighted by Crippen LogP contribution is 2.19. The number of nitrogens with one attached hydrogen (secondary N) is 2. The van der Waals surface area contributed by atoms with Gasteiger partial charge in [-0.1, -0.05) is 11.6 Å². The number of sulfonamides is 1. The Bertz CT molecular complexity index is 423. The molecule has 1 heterocycles. The normalized spacial score (nSPS) is 11.9. The van der Waals surface area contributed by atoms with Crippen LogP contribution in [0.25, 0.3) is 0 Å². The molecule has 92 valence electrons. The number of aromatic nitrogens is 2. The number of rotatable bonds is 6. The Labute approximate surface area is 100 Å². The summed E-state index contributed by atoms with van der Waals surface area (Å²) in [5.41, 5.74) is 0. The number of nitrogens with zero attached hydrogens (tertiary/aromatic N) is 2. The summed E-state index contributed by atoms with van der Waals surface area (Å²) < 4.78 is 27.3. The fourth-order valence-corrected chi connectivity index (χ4v) is 2.97. The van der Waals surface area contributed by atoms with Crippen molar-refractivity contribution in [2.24, 2.45) is 7.05 Å². The van der Waals surface area contributed by atoms with Gasteiger partial charge in [0.05, 0.1) is 11.2 Å². The first-order valence-electron chi connectivity index (χ1n) is 4.81. The first-order valence-corrected chi connectivity index (χ1v) is 6.67. The van der Waals surface area contributed by atoms with Crippen molar-refractivity contribution in [1.29, 1.82) is 0 Å². The Hall–Kier alpha value is -0.630. The molecular formula is C8H15ClN4O2S. The minimum absolute atomic E-state index is 0.00127. The molecule has 0 amide bonds. The van der Waals surface area contributed by atoms with Crippen molar-refractivity contribution in [3.05, 3.63) is 11.2 Å². The van der Waals surface area contributed by atoms with Crippen molar-refractivity contribution >= 4 is 21.6 Å². The van der Waals surface area contributed by atoms with Crippen molar-refractivity contribution in [3.63, 3.8) is 0 Å². The van der Waals surface area contributed by atoms with Crippen LogP contribution in [0.5, 0.6) is 0 Å². The average molecular weight is 267 g/mol. The lowest BCUT2D eigenvalue weighted by Gasteiger charge is -2.07. The van der Waals surface area contributed by atoms with Gasteiger partial charge < -0.3 is 5.32 Å². The number of halogens is 1. The molecule has 0 aliphatic rings. The van der Waals surface area contributed by atoms with Gasteiger partial charge in [-0.15, -0.1) is 0 Å². The maximum atomic E-state index is 11.8. The van der Waals surface area contributed by atoms with Crippen molar-refractivity contribution in [3.8, 4) is 0 Å². The second kappa shape index (κ2) is 5.62. The Kier molecular flexibility index (Phi) is 4.72. The molecule has 0 aliphatic carbocycles. The van der Waals surface area contributed by atoms with Crippen molar-refractivity contribution in [1.82, 2.24) is 19.8 Å². The van der Waals surface area contributed by atoms with E-state index in [1.54, 1.807) is 0 Å². The van der Waals surface area contributed by atoms with Gasteiger partial charge in [-0.3, -0.25) is 4.68 Å². The molecule has 0 radical (unpaired) electrons. The number of hydrogen-bond donors (Lipinski definition) is 2. The maximum absolute atomic E-state index is 11.8. The lowest BCUT2D eigenvalue weighted by atomic mass is 10.4. The molecule has 2 N–H and O–H groups in total. The molecule has 0 bridgehead atoms. The zero-order chi connectivity index (χ0) is 12.2. The maximum Gasteiger partial charge on any atom is 0.259 e. The molecule has 0 unspecified atom stereocenters. The molecule has 6 nitrogen and oxygen atoms in total. The van der Waals surface area contributed by atoms with E-state index in [1.165, 1.54) is 17.9 Å². The third-order valence-electron chi connectivity index (χ3n) is 1.99. The quantitative estimate of drug-likeness (QED) is 0.709. The zero-order valence-corrected chi connectivity index (χ0v) is 10.8. The van der Waals surface area contributed by atoms with E-state index >= 15 is 0 Å². The van der Waals surface area contributed by atoms with Gasteiger partial charge in [0, 0.05) is 13.6 Å². The van der Waals surface area contributed by atoms with E-state index in [2.05, 4.69) is 15.1 Å². The second-order valence-corrected chi connectivity index (χ2v) is 5.37. The molecule has 0 fully saturated rings. The standard InChI is InChI=1S/C8H15ClN4O2S/c1-10-4-3-5-12-16(14,15)8-7(9)6-11-13(8)2/h6,10,12H,3-5H2,1-2H3. The van der Waals surface area contributed by atoms with Gasteiger partial charge in [0.1, 0.15) is 0 Å². The van der Waals surface area contributed by atoms with E-state index in [-0.39, 0.29) is 10.0 Å². The van der Waals surface area contributed by atoms with Gasteiger partial charge in [0.25, 0.3) is 10.0 Å². The monoisotopic (exact) mass is 266 g/mol. The van der Waals surface area contributed by atoms with Gasteiger partial charge in [-0.25, -0.2) is 13.1 Å². The summed E-state index contributed by atoms with van der Waals surface area (Å²) in [4.78, 5) is 0. The van der Waals surface area contributed by atoms with Crippen LogP contribution in [0.2, 0.25) is 5.02 Å². The topological polar surface area (TPSA) is 76.0 Å². The molecule has 0 aliphatic heterocycles. The van der Waals surface area contributed by atoms with Crippen LogP contribution >= 0.6 is 11.6 Å². The summed E-state index contributed by atoms with van der Waals surface area (Å²) >= 11 is 5.75. The van der Waals surface area contributed by atoms with E-state index < -0.39 is 10.0 Å². The lowest BCUT2D eigenvalue weighted by molar-refractivity contribution is 0.560. The van der Waals surface area contributed by atoms with E-state index in [0.29, 0.717) is 13.0 Å². The predicted molar refractivity (Wildman–Crippen MR) is 62.0 cm³/mol. The van der Waals surface area contributed by atoms with Crippen molar-refractivity contribution in [2.75, 3.05) is 20.1 Å². The summed E-state index contributed by atoms with van der Waals surface area (Å²) in [7, 11) is -0.220. The fourth-order valence-electron chi connectivity index (χ4n) is 1.24. The Balaban J connectivity index is 2.71. The largest absolute Gasteiger partial charge is 0.320 e. The number of hydrogen-bond acceptors (Lipinski definition) is 4. The molecule has 0 saturated heterocycles. The minimum Gasteiger partial charge on any atom is -0.320 e. The summed E-state index contributed by atoms with van der Waals surface area (Å²) in [6.07, 6.45) is 2.02. The third kappa shape index (κ3) is 3.18. The molecule has 0 aromatic carbocycles. The van der Waals surface area contributed by atoms with Crippen LogP contribution in [0, 0.1) is 0 Å². The Morgan fingerprint density at radius 2 is 2.19 bits per heavy atom. The van der Waals surface area contributed by atoms with Crippen LogP contribution in [0.3, 0.4) is 0 Å². The third-order valence-corrected chi connectivity index (χ3v) is 3.96. The van der Waals surface area contributed by atoms with E-state index in [4.69, 9.17) is 11.6 Å². The average Bonchev–Trinajstić information content (AvgIpc) is 2.54. The van der Waals surface area contributed by atoms with Crippen LogP contribution in [0.4, 0.5) is 0 Å². The molecule has 16 heavy (non-hydrogen) atoms. The first kappa shape index (κ1) is 13.4. The van der Waals surface area contributed by atoms with Crippen molar-refractivity contribution in [2.45, 2.75) is 11.4 Å². The predicted octanol–water partition coefficient (Wildman–Crippen LogP) is -0.0387. The van der Waals surface area contributed by atoms with E-state index in [9.17, 15) is 8.42 Å². The molecule has 0 saturated carbocycles. The summed E-state index contributed by atoms with van der Waals surface area (Å²) in [5, 5.41) is 6.84. The molecule has 0 atom stereocenters. The lowest BCUT2D eigenvalue weighted by Crippen LogP contribution is -2.28. The zero-order valence-electron chi connectivity index (χ0n) is 9.20. The molecule has 8 heteroatoms. The van der Waals surface area contributed by atoms with Gasteiger partial charge in [-0.2, -0.15) is 5.10 Å².